The fourth-order valence-corrected chi connectivity index (χ4v) is 3.51. The number of nitrogens with zero attached hydrogens (tertiary/aromatic N) is 1. The Morgan fingerprint density at radius 2 is 1.95 bits per heavy atom. The molecule has 4 rings (SSSR count). The van der Waals surface area contributed by atoms with Gasteiger partial charge in [0.15, 0.2) is 5.13 Å². The summed E-state index contributed by atoms with van der Waals surface area (Å²) >= 11 is 1.40. The van der Waals surface area contributed by atoms with Gasteiger partial charge in [0.1, 0.15) is 0 Å². The highest BCUT2D eigenvalue weighted by Crippen LogP contribution is 2.45. The Morgan fingerprint density at radius 3 is 2.68 bits per heavy atom. The van der Waals surface area contributed by atoms with Gasteiger partial charge in [-0.25, -0.2) is 4.98 Å². The summed E-state index contributed by atoms with van der Waals surface area (Å²) < 4.78 is 0.940. The Balaban J connectivity index is 1.61. The SMILES string of the molecule is Nc1nc2ccc(C(=O)NC3(c4ccccc4)CC3)cc2s1. The van der Waals surface area contributed by atoms with Crippen LogP contribution in [0.25, 0.3) is 10.2 Å². The molecule has 1 amide bonds. The molecule has 0 atom stereocenters. The van der Waals surface area contributed by atoms with Crippen LogP contribution < -0.4 is 11.1 Å². The predicted octanol–water partition coefficient (Wildman–Crippen LogP) is 3.30. The van der Waals surface area contributed by atoms with Gasteiger partial charge in [0.2, 0.25) is 0 Å². The van der Waals surface area contributed by atoms with Gasteiger partial charge in [-0.15, -0.1) is 0 Å². The number of hydrogen-bond acceptors (Lipinski definition) is 4. The molecule has 110 valence electrons. The van der Waals surface area contributed by atoms with Crippen LogP contribution in [0.15, 0.2) is 48.5 Å². The summed E-state index contributed by atoms with van der Waals surface area (Å²) in [6, 6.07) is 15.7. The number of benzene rings is 2. The Kier molecular flexibility index (Phi) is 2.90. The standard InChI is InChI=1S/C17H15N3OS/c18-16-19-13-7-6-11(10-14(13)22-16)15(21)20-17(8-9-17)12-4-2-1-3-5-12/h1-7,10H,8-9H2,(H2,18,19)(H,20,21). The maximum absolute atomic E-state index is 12.6. The van der Waals surface area contributed by atoms with Crippen molar-refractivity contribution in [3.63, 3.8) is 0 Å². The number of nitrogens with one attached hydrogen (secondary N) is 1. The van der Waals surface area contributed by atoms with Crippen LogP contribution in [0.4, 0.5) is 5.13 Å². The minimum Gasteiger partial charge on any atom is -0.375 e. The van der Waals surface area contributed by atoms with Crippen LogP contribution in [-0.4, -0.2) is 10.9 Å². The average molecular weight is 309 g/mol. The third-order valence-electron chi connectivity index (χ3n) is 4.10. The summed E-state index contributed by atoms with van der Waals surface area (Å²) in [4.78, 5) is 16.8. The van der Waals surface area contributed by atoms with Crippen molar-refractivity contribution in [2.75, 3.05) is 5.73 Å². The minimum absolute atomic E-state index is 0.0461. The molecule has 0 unspecified atom stereocenters. The van der Waals surface area contributed by atoms with Crippen LogP contribution in [-0.2, 0) is 5.54 Å². The van der Waals surface area contributed by atoms with E-state index in [2.05, 4.69) is 22.4 Å². The lowest BCUT2D eigenvalue weighted by Crippen LogP contribution is -2.34. The second kappa shape index (κ2) is 4.81. The van der Waals surface area contributed by atoms with Crippen LogP contribution >= 0.6 is 11.3 Å². The molecule has 0 bridgehead atoms. The number of fused-ring (bicyclic) bond motifs is 1. The lowest BCUT2D eigenvalue weighted by Gasteiger charge is -2.18. The molecule has 2 aromatic carbocycles. The fraction of sp³-hybridized carbons (Fsp3) is 0.176. The van der Waals surface area contributed by atoms with Gasteiger partial charge in [0, 0.05) is 5.56 Å². The van der Waals surface area contributed by atoms with Crippen LogP contribution in [0.3, 0.4) is 0 Å². The molecule has 0 saturated heterocycles. The third-order valence-corrected chi connectivity index (χ3v) is 4.94. The zero-order valence-electron chi connectivity index (χ0n) is 11.9. The first kappa shape index (κ1) is 13.3. The summed E-state index contributed by atoms with van der Waals surface area (Å²) in [5.74, 6) is -0.0461. The number of anilines is 1. The van der Waals surface area contributed by atoms with Gasteiger partial charge in [0.25, 0.3) is 5.91 Å². The number of carbonyl (C=O) groups excluding carboxylic acids is 1. The molecular formula is C17H15N3OS. The van der Waals surface area contributed by atoms with Crippen molar-refractivity contribution in [1.29, 1.82) is 0 Å². The lowest BCUT2D eigenvalue weighted by molar-refractivity contribution is 0.0931. The van der Waals surface area contributed by atoms with Crippen LogP contribution in [0, 0.1) is 0 Å². The van der Waals surface area contributed by atoms with E-state index >= 15 is 0 Å². The second-order valence-electron chi connectivity index (χ2n) is 5.64. The molecule has 1 aliphatic carbocycles. The van der Waals surface area contributed by atoms with Crippen LogP contribution in [0.1, 0.15) is 28.8 Å². The molecule has 1 fully saturated rings. The fourth-order valence-electron chi connectivity index (χ4n) is 2.74. The van der Waals surface area contributed by atoms with Gasteiger partial charge in [-0.1, -0.05) is 41.7 Å². The molecular weight excluding hydrogens is 294 g/mol. The molecule has 5 heteroatoms. The van der Waals surface area contributed by atoms with E-state index < -0.39 is 0 Å². The zero-order chi connectivity index (χ0) is 15.2. The third kappa shape index (κ3) is 2.23. The molecule has 3 aromatic rings. The van der Waals surface area contributed by atoms with Crippen molar-refractivity contribution >= 4 is 32.6 Å². The van der Waals surface area contributed by atoms with E-state index in [4.69, 9.17) is 5.73 Å². The van der Waals surface area contributed by atoms with E-state index in [1.165, 1.54) is 16.9 Å². The molecule has 22 heavy (non-hydrogen) atoms. The average Bonchev–Trinajstić information content (AvgIpc) is 3.21. The topological polar surface area (TPSA) is 68.0 Å². The van der Waals surface area contributed by atoms with Crippen molar-refractivity contribution in [2.45, 2.75) is 18.4 Å². The molecule has 1 saturated carbocycles. The van der Waals surface area contributed by atoms with Gasteiger partial charge < -0.3 is 11.1 Å². The Bertz CT molecular complexity index is 853. The molecule has 0 aliphatic heterocycles. The summed E-state index contributed by atoms with van der Waals surface area (Å²) in [5.41, 5.74) is 8.18. The number of thiazole rings is 1. The van der Waals surface area contributed by atoms with Crippen LogP contribution in [0.5, 0.6) is 0 Å². The summed E-state index contributed by atoms with van der Waals surface area (Å²) in [7, 11) is 0. The minimum atomic E-state index is -0.194. The van der Waals surface area contributed by atoms with Crippen molar-refractivity contribution in [1.82, 2.24) is 10.3 Å². The Labute approximate surface area is 132 Å². The molecule has 1 heterocycles. The van der Waals surface area contributed by atoms with Crippen molar-refractivity contribution < 1.29 is 4.79 Å². The van der Waals surface area contributed by atoms with Crippen molar-refractivity contribution in [2.24, 2.45) is 0 Å². The van der Waals surface area contributed by atoms with E-state index in [0.717, 1.165) is 23.1 Å². The number of carbonyl (C=O) groups is 1. The number of aromatic nitrogens is 1. The molecule has 3 N–H and O–H groups in total. The van der Waals surface area contributed by atoms with E-state index in [9.17, 15) is 4.79 Å². The number of nitrogens with two attached hydrogens (primary N) is 1. The second-order valence-corrected chi connectivity index (χ2v) is 6.70. The Morgan fingerprint density at radius 1 is 1.18 bits per heavy atom. The monoisotopic (exact) mass is 309 g/mol. The maximum atomic E-state index is 12.6. The molecule has 0 radical (unpaired) electrons. The summed E-state index contributed by atoms with van der Waals surface area (Å²) in [5, 5.41) is 3.71. The Hall–Kier alpha value is -2.40. The van der Waals surface area contributed by atoms with Gasteiger partial charge in [-0.3, -0.25) is 4.79 Å². The first-order chi connectivity index (χ1) is 10.7. The van der Waals surface area contributed by atoms with E-state index in [0.29, 0.717) is 10.7 Å². The maximum Gasteiger partial charge on any atom is 0.252 e. The predicted molar refractivity (Wildman–Crippen MR) is 88.9 cm³/mol. The highest BCUT2D eigenvalue weighted by molar-refractivity contribution is 7.22. The van der Waals surface area contributed by atoms with E-state index in [1.54, 1.807) is 6.07 Å². The quantitative estimate of drug-likeness (QED) is 0.780. The molecule has 1 aliphatic rings. The van der Waals surface area contributed by atoms with Gasteiger partial charge in [-0.05, 0) is 36.6 Å². The molecule has 4 nitrogen and oxygen atoms in total. The van der Waals surface area contributed by atoms with Crippen LogP contribution in [0.2, 0.25) is 0 Å². The first-order valence-corrected chi connectivity index (χ1v) is 8.02. The van der Waals surface area contributed by atoms with Crippen molar-refractivity contribution in [3.8, 4) is 0 Å². The largest absolute Gasteiger partial charge is 0.375 e. The normalized spacial score (nSPS) is 15.6. The van der Waals surface area contributed by atoms with Crippen molar-refractivity contribution in [3.05, 3.63) is 59.7 Å². The first-order valence-electron chi connectivity index (χ1n) is 7.20. The molecule has 0 spiro atoms. The number of amides is 1. The number of hydrogen-bond donors (Lipinski definition) is 2. The summed E-state index contributed by atoms with van der Waals surface area (Å²) in [6.45, 7) is 0. The van der Waals surface area contributed by atoms with Gasteiger partial charge in [0.05, 0.1) is 15.8 Å². The smallest absolute Gasteiger partial charge is 0.252 e. The lowest BCUT2D eigenvalue weighted by atomic mass is 10.0. The highest BCUT2D eigenvalue weighted by Gasteiger charge is 2.45. The van der Waals surface area contributed by atoms with Gasteiger partial charge >= 0.3 is 0 Å². The number of nitrogen functional groups attached to an aromatic ring is 1. The number of rotatable bonds is 3. The zero-order valence-corrected chi connectivity index (χ0v) is 12.7. The molecule has 1 aromatic heterocycles. The van der Waals surface area contributed by atoms with Gasteiger partial charge in [-0.2, -0.15) is 0 Å². The van der Waals surface area contributed by atoms with E-state index in [1.807, 2.05) is 30.3 Å². The summed E-state index contributed by atoms with van der Waals surface area (Å²) in [6.07, 6.45) is 1.97. The highest BCUT2D eigenvalue weighted by atomic mass is 32.1. The van der Waals surface area contributed by atoms with E-state index in [-0.39, 0.29) is 11.4 Å².